The molecule has 0 saturated heterocycles. The van der Waals surface area contributed by atoms with Crippen LogP contribution in [0.5, 0.6) is 0 Å². The molecule has 2 atom stereocenters. The third-order valence-electron chi connectivity index (χ3n) is 5.52. The predicted octanol–water partition coefficient (Wildman–Crippen LogP) is 3.11. The summed E-state index contributed by atoms with van der Waals surface area (Å²) in [5, 5.41) is 11.7. The number of benzene rings is 1. The standard InChI is InChI=1S/C19H22FN3O3S/c1-4-13-7-8-15(20)14(11-13)18(2)12-27(26,21-3)19(9-5-6-10-19)16(23-18)22-17(24)25/h1,7-8,11H,5-6,9-10,12H2,2-3H3,(H,22,23)(H,24,25)/t18-,27+/m0/s1. The number of halogens is 1. The Morgan fingerprint density at radius 3 is 2.67 bits per heavy atom. The molecule has 144 valence electrons. The Bertz CT molecular complexity index is 982. The number of terminal acetylenes is 1. The van der Waals surface area contributed by atoms with E-state index >= 15 is 0 Å². The zero-order valence-electron chi connectivity index (χ0n) is 15.3. The van der Waals surface area contributed by atoms with Crippen LogP contribution in [0, 0.1) is 18.2 Å². The zero-order chi connectivity index (χ0) is 19.9. The van der Waals surface area contributed by atoms with Crippen LogP contribution in [-0.2, 0) is 15.3 Å². The van der Waals surface area contributed by atoms with Crippen LogP contribution in [-0.4, -0.2) is 38.8 Å². The van der Waals surface area contributed by atoms with Gasteiger partial charge in [0.15, 0.2) is 0 Å². The summed E-state index contributed by atoms with van der Waals surface area (Å²) < 4.78 is 31.9. The van der Waals surface area contributed by atoms with Crippen molar-refractivity contribution in [3.63, 3.8) is 0 Å². The van der Waals surface area contributed by atoms with E-state index in [0.29, 0.717) is 18.4 Å². The van der Waals surface area contributed by atoms with Crippen molar-refractivity contribution in [1.29, 1.82) is 0 Å². The second-order valence-electron chi connectivity index (χ2n) is 7.17. The van der Waals surface area contributed by atoms with E-state index in [9.17, 15) is 18.5 Å². The van der Waals surface area contributed by atoms with Gasteiger partial charge in [0.05, 0.1) is 15.5 Å². The zero-order valence-corrected chi connectivity index (χ0v) is 16.1. The van der Waals surface area contributed by atoms with Crippen molar-refractivity contribution in [3.05, 3.63) is 35.1 Å². The van der Waals surface area contributed by atoms with E-state index in [4.69, 9.17) is 6.42 Å². The number of carbonyl (C=O) groups is 1. The molecule has 0 unspecified atom stereocenters. The number of nitrogens with one attached hydrogen (secondary N) is 1. The smallest absolute Gasteiger partial charge is 0.410 e. The van der Waals surface area contributed by atoms with Crippen molar-refractivity contribution in [2.75, 3.05) is 12.8 Å². The fourth-order valence-electron chi connectivity index (χ4n) is 4.20. The molecule has 27 heavy (non-hydrogen) atoms. The van der Waals surface area contributed by atoms with Crippen LogP contribution in [0.4, 0.5) is 9.18 Å². The first kappa shape index (κ1) is 19.4. The van der Waals surface area contributed by atoms with Crippen LogP contribution in [0.2, 0.25) is 0 Å². The summed E-state index contributed by atoms with van der Waals surface area (Å²) in [4.78, 5) is 16.0. The van der Waals surface area contributed by atoms with Crippen LogP contribution in [0.1, 0.15) is 43.7 Å². The van der Waals surface area contributed by atoms with Gasteiger partial charge in [-0.05, 0) is 38.0 Å². The van der Waals surface area contributed by atoms with Gasteiger partial charge in [-0.15, -0.1) is 6.42 Å². The Kier molecular flexibility index (Phi) is 4.76. The number of carboxylic acid groups (broad SMARTS) is 1. The van der Waals surface area contributed by atoms with Crippen molar-refractivity contribution in [3.8, 4) is 12.3 Å². The first-order valence-corrected chi connectivity index (χ1v) is 10.4. The molecule has 1 fully saturated rings. The van der Waals surface area contributed by atoms with Gasteiger partial charge in [-0.1, -0.05) is 18.8 Å². The number of nitrogens with zero attached hydrogens (tertiary/aromatic N) is 2. The number of hydrogen-bond acceptors (Lipinski definition) is 4. The second-order valence-corrected chi connectivity index (χ2v) is 9.89. The Balaban J connectivity index is 2.28. The highest BCUT2D eigenvalue weighted by Gasteiger charge is 2.55. The first-order chi connectivity index (χ1) is 12.7. The minimum absolute atomic E-state index is 0.00619. The molecule has 2 aliphatic rings. The van der Waals surface area contributed by atoms with E-state index in [1.807, 2.05) is 0 Å². The Morgan fingerprint density at radius 1 is 1.44 bits per heavy atom. The van der Waals surface area contributed by atoms with Crippen molar-refractivity contribution in [1.82, 2.24) is 5.32 Å². The quantitative estimate of drug-likeness (QED) is 0.721. The molecule has 1 heterocycles. The number of aliphatic imine (C=N–C) groups is 1. The monoisotopic (exact) mass is 391 g/mol. The van der Waals surface area contributed by atoms with Gasteiger partial charge in [-0.2, -0.15) is 0 Å². The predicted molar refractivity (Wildman–Crippen MR) is 103 cm³/mol. The molecule has 8 heteroatoms. The van der Waals surface area contributed by atoms with Crippen molar-refractivity contribution in [2.45, 2.75) is 42.9 Å². The lowest BCUT2D eigenvalue weighted by atomic mass is 9.91. The van der Waals surface area contributed by atoms with Gasteiger partial charge < -0.3 is 5.11 Å². The van der Waals surface area contributed by atoms with Crippen molar-refractivity contribution < 1.29 is 18.5 Å². The summed E-state index contributed by atoms with van der Waals surface area (Å²) in [5.41, 5.74) is -0.595. The lowest BCUT2D eigenvalue weighted by Crippen LogP contribution is -2.59. The number of rotatable bonds is 1. The maximum absolute atomic E-state index is 14.7. The molecular weight excluding hydrogens is 369 g/mol. The third-order valence-corrected chi connectivity index (χ3v) is 8.89. The Labute approximate surface area is 158 Å². The van der Waals surface area contributed by atoms with Crippen molar-refractivity contribution >= 4 is 21.7 Å². The summed E-state index contributed by atoms with van der Waals surface area (Å²) in [5.74, 6) is 2.05. The van der Waals surface area contributed by atoms with Gasteiger partial charge in [0.2, 0.25) is 0 Å². The maximum Gasteiger partial charge on any atom is 0.410 e. The largest absolute Gasteiger partial charge is 0.465 e. The van der Waals surface area contributed by atoms with Gasteiger partial charge >= 0.3 is 6.09 Å². The molecule has 1 aromatic rings. The molecule has 6 nitrogen and oxygen atoms in total. The lowest BCUT2D eigenvalue weighted by Gasteiger charge is -2.43. The second kappa shape index (κ2) is 6.64. The molecule has 1 aliphatic carbocycles. The van der Waals surface area contributed by atoms with Crippen LogP contribution < -0.4 is 5.32 Å². The summed E-state index contributed by atoms with van der Waals surface area (Å²) in [6.07, 6.45) is 6.83. The van der Waals surface area contributed by atoms with Crippen LogP contribution in [0.25, 0.3) is 0 Å². The molecule has 0 aromatic heterocycles. The topological polar surface area (TPSA) is 91.1 Å². The van der Waals surface area contributed by atoms with Crippen LogP contribution >= 0.6 is 0 Å². The molecule has 1 saturated carbocycles. The maximum atomic E-state index is 14.7. The number of amides is 1. The van der Waals surface area contributed by atoms with E-state index < -0.39 is 31.9 Å². The van der Waals surface area contributed by atoms with E-state index in [-0.39, 0.29) is 17.2 Å². The summed E-state index contributed by atoms with van der Waals surface area (Å²) in [7, 11) is -1.43. The Hall–Kier alpha value is -2.40. The lowest BCUT2D eigenvalue weighted by molar-refractivity contribution is 0.199. The normalized spacial score (nSPS) is 29.0. The highest BCUT2D eigenvalue weighted by atomic mass is 32.2. The fraction of sp³-hybridized carbons (Fsp3) is 0.474. The summed E-state index contributed by atoms with van der Waals surface area (Å²) in [6.45, 7) is 1.64. The summed E-state index contributed by atoms with van der Waals surface area (Å²) in [6, 6.07) is 4.23. The average Bonchev–Trinajstić information content (AvgIpc) is 3.11. The highest BCUT2D eigenvalue weighted by Crippen LogP contribution is 2.47. The van der Waals surface area contributed by atoms with Gasteiger partial charge in [-0.25, -0.2) is 17.8 Å². The third kappa shape index (κ3) is 3.00. The molecule has 3 rings (SSSR count). The molecule has 1 amide bonds. The molecule has 2 N–H and O–H groups in total. The fourth-order valence-corrected chi connectivity index (χ4v) is 7.26. The molecule has 1 aromatic carbocycles. The summed E-state index contributed by atoms with van der Waals surface area (Å²) >= 11 is 0. The average molecular weight is 391 g/mol. The highest BCUT2D eigenvalue weighted by molar-refractivity contribution is 7.95. The van der Waals surface area contributed by atoms with Crippen molar-refractivity contribution in [2.24, 2.45) is 9.36 Å². The molecule has 1 aliphatic heterocycles. The molecule has 1 spiro atoms. The van der Waals surface area contributed by atoms with E-state index in [2.05, 4.69) is 20.6 Å². The van der Waals surface area contributed by atoms with Gasteiger partial charge in [0.1, 0.15) is 21.9 Å². The minimum Gasteiger partial charge on any atom is -0.465 e. The van der Waals surface area contributed by atoms with E-state index in [0.717, 1.165) is 12.8 Å². The van der Waals surface area contributed by atoms with Gasteiger partial charge in [0, 0.05) is 18.2 Å². The van der Waals surface area contributed by atoms with E-state index in [1.54, 1.807) is 6.92 Å². The molecule has 0 bridgehead atoms. The van der Waals surface area contributed by atoms with Crippen LogP contribution in [0.3, 0.4) is 0 Å². The number of hydrogen-bond donors (Lipinski definition) is 2. The Morgan fingerprint density at radius 2 is 2.11 bits per heavy atom. The SMILES string of the molecule is C#Cc1ccc(F)c([C@]2(C)C[S@](=O)(=NC)C3(CCCC3)C(NC(=O)O)=N2)c1. The number of amidine groups is 1. The molecular formula is C19H22FN3O3S. The van der Waals surface area contributed by atoms with Crippen LogP contribution in [0.15, 0.2) is 27.6 Å². The van der Waals surface area contributed by atoms with Gasteiger partial charge in [0.25, 0.3) is 0 Å². The van der Waals surface area contributed by atoms with Gasteiger partial charge in [-0.3, -0.25) is 10.3 Å². The van der Waals surface area contributed by atoms with E-state index in [1.165, 1.54) is 25.2 Å². The molecule has 0 radical (unpaired) electrons. The minimum atomic E-state index is -2.91. The first-order valence-electron chi connectivity index (χ1n) is 8.69.